The van der Waals surface area contributed by atoms with E-state index in [1.54, 1.807) is 11.3 Å². The molecule has 2 aliphatic rings. The van der Waals surface area contributed by atoms with Crippen LogP contribution in [0.2, 0.25) is 0 Å². The summed E-state index contributed by atoms with van der Waals surface area (Å²) in [5.41, 5.74) is 6.13. The molecule has 2 heteroatoms. The summed E-state index contributed by atoms with van der Waals surface area (Å²) in [6, 6.07) is 7.37. The van der Waals surface area contributed by atoms with Crippen LogP contribution in [0.1, 0.15) is 35.7 Å². The van der Waals surface area contributed by atoms with Crippen molar-refractivity contribution in [3.63, 3.8) is 0 Å². The normalized spacial score (nSPS) is 22.8. The van der Waals surface area contributed by atoms with Crippen LogP contribution in [0.4, 0.5) is 0 Å². The number of benzene rings is 1. The Kier molecular flexibility index (Phi) is 1.92. The van der Waals surface area contributed by atoms with Gasteiger partial charge in [-0.05, 0) is 37.3 Å². The molecular weight excluding hydrogens is 208 g/mol. The first-order valence-electron chi connectivity index (χ1n) is 6.70. The molecule has 0 fully saturated rings. The second kappa shape index (κ2) is 3.36. The van der Waals surface area contributed by atoms with Crippen LogP contribution in [0.25, 0.3) is 10.9 Å². The number of hydrogen-bond acceptors (Lipinski definition) is 1. The van der Waals surface area contributed by atoms with Crippen molar-refractivity contribution in [3.8, 4) is 0 Å². The monoisotopic (exact) mass is 226 g/mol. The van der Waals surface area contributed by atoms with Gasteiger partial charge >= 0.3 is 0 Å². The molecule has 0 saturated carbocycles. The third kappa shape index (κ3) is 1.19. The number of hydrogen-bond donors (Lipinski definition) is 1. The molecule has 0 bridgehead atoms. The van der Waals surface area contributed by atoms with Crippen LogP contribution in [0, 0.1) is 6.92 Å². The highest BCUT2D eigenvalue weighted by Gasteiger charge is 2.29. The molecule has 2 nitrogen and oxygen atoms in total. The molecular formula is C15H18N2. The number of para-hydroxylation sites is 1. The van der Waals surface area contributed by atoms with Gasteiger partial charge in [0.1, 0.15) is 0 Å². The van der Waals surface area contributed by atoms with Gasteiger partial charge in [0.05, 0.1) is 5.52 Å². The molecule has 2 aromatic rings. The number of rotatable bonds is 0. The minimum absolute atomic E-state index is 0.610. The number of nitrogens with one attached hydrogen (secondary N) is 1. The van der Waals surface area contributed by atoms with Crippen molar-refractivity contribution in [2.24, 2.45) is 0 Å². The van der Waals surface area contributed by atoms with Crippen LogP contribution in [0.5, 0.6) is 0 Å². The van der Waals surface area contributed by atoms with Crippen molar-refractivity contribution in [2.45, 2.75) is 38.8 Å². The Labute approximate surface area is 102 Å². The first kappa shape index (κ1) is 9.72. The van der Waals surface area contributed by atoms with Crippen molar-refractivity contribution < 1.29 is 0 Å². The molecule has 1 aromatic heterocycles. The largest absolute Gasteiger partial charge is 0.341 e. The molecule has 88 valence electrons. The molecule has 1 atom stereocenters. The van der Waals surface area contributed by atoms with E-state index < -0.39 is 0 Å². The average Bonchev–Trinajstić information content (AvgIpc) is 2.69. The number of aryl methyl sites for hydroxylation is 2. The lowest BCUT2D eigenvalue weighted by Gasteiger charge is -2.31. The standard InChI is InChI=1S/C15H18N2/c1-10-4-2-5-11-12-6-3-7-13-15(12)17(14(10)11)9-8-16-13/h2,4-5,13,16H,3,6-9H2,1H3/t13-/m1/s1. The smallest absolute Gasteiger partial charge is 0.0516 e. The van der Waals surface area contributed by atoms with Crippen LogP contribution in [0.3, 0.4) is 0 Å². The average molecular weight is 226 g/mol. The quantitative estimate of drug-likeness (QED) is 0.731. The maximum absolute atomic E-state index is 3.68. The Hall–Kier alpha value is -1.28. The van der Waals surface area contributed by atoms with Crippen LogP contribution in [-0.4, -0.2) is 11.1 Å². The Bertz CT molecular complexity index is 592. The zero-order valence-corrected chi connectivity index (χ0v) is 10.3. The summed E-state index contributed by atoms with van der Waals surface area (Å²) in [6.07, 6.45) is 3.90. The van der Waals surface area contributed by atoms with Crippen LogP contribution in [-0.2, 0) is 13.0 Å². The van der Waals surface area contributed by atoms with Gasteiger partial charge in [-0.15, -0.1) is 0 Å². The zero-order valence-electron chi connectivity index (χ0n) is 10.3. The van der Waals surface area contributed by atoms with Gasteiger partial charge < -0.3 is 9.88 Å². The minimum atomic E-state index is 0.610. The summed E-state index contributed by atoms with van der Waals surface area (Å²) in [4.78, 5) is 0. The molecule has 1 N–H and O–H groups in total. The molecule has 1 aliphatic carbocycles. The first-order chi connectivity index (χ1) is 8.36. The topological polar surface area (TPSA) is 17.0 Å². The fourth-order valence-electron chi connectivity index (χ4n) is 3.74. The van der Waals surface area contributed by atoms with Crippen LogP contribution >= 0.6 is 0 Å². The maximum Gasteiger partial charge on any atom is 0.0516 e. The summed E-state index contributed by atoms with van der Waals surface area (Å²) in [7, 11) is 0. The van der Waals surface area contributed by atoms with E-state index in [1.165, 1.54) is 35.7 Å². The van der Waals surface area contributed by atoms with Crippen LogP contribution in [0.15, 0.2) is 18.2 Å². The van der Waals surface area contributed by atoms with E-state index in [2.05, 4.69) is 35.0 Å². The fraction of sp³-hybridized carbons (Fsp3) is 0.467. The number of nitrogens with zero attached hydrogens (tertiary/aromatic N) is 1. The Morgan fingerprint density at radius 2 is 2.29 bits per heavy atom. The SMILES string of the molecule is Cc1cccc2c3c4n(c12)CCN[C@@H]4CCC3. The summed E-state index contributed by atoms with van der Waals surface area (Å²) >= 11 is 0. The van der Waals surface area contributed by atoms with E-state index in [9.17, 15) is 0 Å². The predicted molar refractivity (Wildman–Crippen MR) is 70.4 cm³/mol. The van der Waals surface area contributed by atoms with Gasteiger partial charge in [-0.3, -0.25) is 0 Å². The lowest BCUT2D eigenvalue weighted by Crippen LogP contribution is -2.35. The maximum atomic E-state index is 3.68. The van der Waals surface area contributed by atoms with Gasteiger partial charge in [0.2, 0.25) is 0 Å². The van der Waals surface area contributed by atoms with Gasteiger partial charge in [0.15, 0.2) is 0 Å². The molecule has 4 rings (SSSR count). The van der Waals surface area contributed by atoms with E-state index in [4.69, 9.17) is 0 Å². The Morgan fingerprint density at radius 1 is 1.35 bits per heavy atom. The molecule has 0 saturated heterocycles. The molecule has 17 heavy (non-hydrogen) atoms. The highest BCUT2D eigenvalue weighted by Crippen LogP contribution is 2.39. The fourth-order valence-corrected chi connectivity index (χ4v) is 3.74. The Balaban J connectivity index is 2.15. The second-order valence-corrected chi connectivity index (χ2v) is 5.39. The van der Waals surface area contributed by atoms with E-state index in [0.717, 1.165) is 13.1 Å². The number of aromatic nitrogens is 1. The van der Waals surface area contributed by atoms with E-state index in [1.807, 2.05) is 0 Å². The highest BCUT2D eigenvalue weighted by atomic mass is 15.1. The molecule has 2 heterocycles. The van der Waals surface area contributed by atoms with Crippen molar-refractivity contribution in [1.29, 1.82) is 0 Å². The van der Waals surface area contributed by atoms with Gasteiger partial charge in [-0.1, -0.05) is 18.2 Å². The van der Waals surface area contributed by atoms with Gasteiger partial charge in [-0.2, -0.15) is 0 Å². The first-order valence-corrected chi connectivity index (χ1v) is 6.70. The lowest BCUT2D eigenvalue weighted by molar-refractivity contribution is 0.384. The summed E-state index contributed by atoms with van der Waals surface area (Å²) in [6.45, 7) is 4.50. The summed E-state index contributed by atoms with van der Waals surface area (Å²) in [5, 5.41) is 5.18. The summed E-state index contributed by atoms with van der Waals surface area (Å²) in [5.74, 6) is 0. The third-order valence-electron chi connectivity index (χ3n) is 4.41. The van der Waals surface area contributed by atoms with Gasteiger partial charge in [0.25, 0.3) is 0 Å². The van der Waals surface area contributed by atoms with Gasteiger partial charge in [-0.25, -0.2) is 0 Å². The van der Waals surface area contributed by atoms with Crippen molar-refractivity contribution in [1.82, 2.24) is 9.88 Å². The highest BCUT2D eigenvalue weighted by molar-refractivity contribution is 5.88. The molecule has 1 aromatic carbocycles. The van der Waals surface area contributed by atoms with Gasteiger partial charge in [0, 0.05) is 30.2 Å². The van der Waals surface area contributed by atoms with Crippen molar-refractivity contribution in [3.05, 3.63) is 35.0 Å². The van der Waals surface area contributed by atoms with Crippen molar-refractivity contribution >= 4 is 10.9 Å². The molecule has 0 radical (unpaired) electrons. The predicted octanol–water partition coefficient (Wildman–Crippen LogP) is 2.93. The number of fused-ring (bicyclic) bond motifs is 3. The Morgan fingerprint density at radius 3 is 3.24 bits per heavy atom. The molecule has 0 unspecified atom stereocenters. The van der Waals surface area contributed by atoms with Crippen molar-refractivity contribution in [2.75, 3.05) is 6.54 Å². The van der Waals surface area contributed by atoms with E-state index in [0.29, 0.717) is 6.04 Å². The minimum Gasteiger partial charge on any atom is -0.341 e. The lowest BCUT2D eigenvalue weighted by atomic mass is 9.91. The van der Waals surface area contributed by atoms with E-state index in [-0.39, 0.29) is 0 Å². The molecule has 1 aliphatic heterocycles. The zero-order chi connectivity index (χ0) is 11.4. The molecule has 0 amide bonds. The third-order valence-corrected chi connectivity index (χ3v) is 4.41. The van der Waals surface area contributed by atoms with E-state index >= 15 is 0 Å². The second-order valence-electron chi connectivity index (χ2n) is 5.39. The molecule has 0 spiro atoms. The summed E-state index contributed by atoms with van der Waals surface area (Å²) < 4.78 is 2.58. The van der Waals surface area contributed by atoms with Crippen LogP contribution < -0.4 is 5.32 Å².